The minimum atomic E-state index is 0.518. The van der Waals surface area contributed by atoms with Gasteiger partial charge in [0.05, 0.1) is 0 Å². The number of hydrogen-bond acceptors (Lipinski definition) is 2. The van der Waals surface area contributed by atoms with Crippen molar-refractivity contribution in [1.82, 2.24) is 0 Å². The monoisotopic (exact) mass is 570 g/mol. The number of anilines is 4. The summed E-state index contributed by atoms with van der Waals surface area (Å²) in [5, 5.41) is 7.87. The summed E-state index contributed by atoms with van der Waals surface area (Å²) in [7, 11) is 0. The Labute approximate surface area is 261 Å². The van der Waals surface area contributed by atoms with Crippen molar-refractivity contribution in [3.63, 3.8) is 0 Å². The van der Waals surface area contributed by atoms with Crippen LogP contribution in [0.3, 0.4) is 0 Å². The van der Waals surface area contributed by atoms with Gasteiger partial charge in [0, 0.05) is 39.4 Å². The summed E-state index contributed by atoms with van der Waals surface area (Å²) in [5.74, 6) is 0.518. The molecule has 7 rings (SSSR count). The Hall–Kier alpha value is -5.08. The molecular formula is C42H38N2. The second kappa shape index (κ2) is 13.1. The number of nitrogens with one attached hydrogen (secondary N) is 2. The Morgan fingerprint density at radius 1 is 0.364 bits per heavy atom. The smallest absolute Gasteiger partial charge is 0.0468 e. The quantitative estimate of drug-likeness (QED) is 0.190. The molecule has 2 N–H and O–H groups in total. The highest BCUT2D eigenvalue weighted by molar-refractivity contribution is 5.91. The molecule has 0 atom stereocenters. The van der Waals surface area contributed by atoms with Crippen molar-refractivity contribution in [2.75, 3.05) is 10.6 Å². The molecule has 0 amide bonds. The van der Waals surface area contributed by atoms with Crippen LogP contribution in [0.5, 0.6) is 0 Å². The Bertz CT molecular complexity index is 1820. The van der Waals surface area contributed by atoms with E-state index in [0.717, 1.165) is 17.1 Å². The molecule has 1 aliphatic rings. The standard InChI is InChI=1S/C42H38N2/c1-5-17-31(18-6-1)35-25-13-15-27-39(35)43-41-29-38(34-23-11-4-12-24-34)42(30-37(41)33-21-9-3-10-22-33)44-40-28-16-14-26-36(40)32-19-7-2-8-20-32/h1-3,5-10,13-22,25-30,34,43-44H,4,11-12,23-24H2. The van der Waals surface area contributed by atoms with Gasteiger partial charge in [-0.2, -0.15) is 0 Å². The van der Waals surface area contributed by atoms with Crippen LogP contribution in [0.2, 0.25) is 0 Å². The lowest BCUT2D eigenvalue weighted by Gasteiger charge is -2.28. The normalized spacial score (nSPS) is 13.4. The fraction of sp³-hybridized carbons (Fsp3) is 0.143. The van der Waals surface area contributed by atoms with Gasteiger partial charge in [-0.1, -0.05) is 147 Å². The van der Waals surface area contributed by atoms with Gasteiger partial charge < -0.3 is 10.6 Å². The third kappa shape index (κ3) is 6.02. The van der Waals surface area contributed by atoms with Crippen LogP contribution in [0.4, 0.5) is 22.7 Å². The van der Waals surface area contributed by atoms with Gasteiger partial charge in [0.25, 0.3) is 0 Å². The van der Waals surface area contributed by atoms with Crippen molar-refractivity contribution in [2.24, 2.45) is 0 Å². The molecule has 0 aromatic heterocycles. The second-order valence-electron chi connectivity index (χ2n) is 11.8. The number of benzene rings is 6. The highest BCUT2D eigenvalue weighted by atomic mass is 14.9. The topological polar surface area (TPSA) is 24.1 Å². The molecule has 0 aliphatic heterocycles. The van der Waals surface area contributed by atoms with Gasteiger partial charge in [0.15, 0.2) is 0 Å². The number of hydrogen-bond donors (Lipinski definition) is 2. The minimum absolute atomic E-state index is 0.518. The second-order valence-corrected chi connectivity index (χ2v) is 11.8. The van der Waals surface area contributed by atoms with Crippen molar-refractivity contribution in [3.05, 3.63) is 157 Å². The molecule has 6 aromatic carbocycles. The fourth-order valence-corrected chi connectivity index (χ4v) is 6.65. The maximum Gasteiger partial charge on any atom is 0.0468 e. The first-order valence-corrected chi connectivity index (χ1v) is 15.9. The van der Waals surface area contributed by atoms with E-state index in [1.807, 2.05) is 0 Å². The molecular weight excluding hydrogens is 532 g/mol. The molecule has 2 heteroatoms. The third-order valence-corrected chi connectivity index (χ3v) is 8.88. The highest BCUT2D eigenvalue weighted by Crippen LogP contribution is 2.45. The van der Waals surface area contributed by atoms with E-state index >= 15 is 0 Å². The number of rotatable bonds is 8. The molecule has 216 valence electrons. The van der Waals surface area contributed by atoms with Gasteiger partial charge >= 0.3 is 0 Å². The fourth-order valence-electron chi connectivity index (χ4n) is 6.65. The summed E-state index contributed by atoms with van der Waals surface area (Å²) in [4.78, 5) is 0. The Kier molecular flexibility index (Phi) is 8.23. The van der Waals surface area contributed by atoms with Crippen LogP contribution in [0.1, 0.15) is 43.6 Å². The molecule has 6 aromatic rings. The van der Waals surface area contributed by atoms with Crippen LogP contribution < -0.4 is 10.6 Å². The molecule has 0 unspecified atom stereocenters. The predicted molar refractivity (Wildman–Crippen MR) is 188 cm³/mol. The molecule has 2 nitrogen and oxygen atoms in total. The lowest BCUT2D eigenvalue weighted by molar-refractivity contribution is 0.444. The molecule has 44 heavy (non-hydrogen) atoms. The Balaban J connectivity index is 1.38. The summed E-state index contributed by atoms with van der Waals surface area (Å²) in [6.45, 7) is 0. The average molecular weight is 571 g/mol. The minimum Gasteiger partial charge on any atom is -0.355 e. The zero-order chi connectivity index (χ0) is 29.6. The lowest BCUT2D eigenvalue weighted by atomic mass is 9.82. The van der Waals surface area contributed by atoms with Gasteiger partial charge in [-0.3, -0.25) is 0 Å². The van der Waals surface area contributed by atoms with E-state index in [1.54, 1.807) is 0 Å². The summed E-state index contributed by atoms with van der Waals surface area (Å²) in [6, 6.07) is 54.3. The van der Waals surface area contributed by atoms with E-state index in [0.29, 0.717) is 5.92 Å². The molecule has 0 saturated heterocycles. The predicted octanol–water partition coefficient (Wildman–Crippen LogP) is 12.2. The third-order valence-electron chi connectivity index (χ3n) is 8.88. The van der Waals surface area contributed by atoms with Gasteiger partial charge in [0.1, 0.15) is 0 Å². The Morgan fingerprint density at radius 3 is 1.32 bits per heavy atom. The zero-order valence-electron chi connectivity index (χ0n) is 25.0. The molecule has 1 fully saturated rings. The van der Waals surface area contributed by atoms with Crippen LogP contribution in [0.25, 0.3) is 33.4 Å². The van der Waals surface area contributed by atoms with E-state index in [-0.39, 0.29) is 0 Å². The van der Waals surface area contributed by atoms with E-state index in [9.17, 15) is 0 Å². The number of para-hydroxylation sites is 2. The van der Waals surface area contributed by atoms with Crippen LogP contribution in [-0.4, -0.2) is 0 Å². The van der Waals surface area contributed by atoms with Gasteiger partial charge in [-0.15, -0.1) is 0 Å². The molecule has 1 saturated carbocycles. The SMILES string of the molecule is c1ccc(-c2ccccc2Nc2cc(C3CCCCC3)c(Nc3ccccc3-c3ccccc3)cc2-c2ccccc2)cc1. The first-order valence-electron chi connectivity index (χ1n) is 15.9. The van der Waals surface area contributed by atoms with Crippen LogP contribution in [0.15, 0.2) is 152 Å². The van der Waals surface area contributed by atoms with E-state index in [1.165, 1.54) is 76.7 Å². The molecule has 1 aliphatic carbocycles. The summed E-state index contributed by atoms with van der Waals surface area (Å²) < 4.78 is 0. The summed E-state index contributed by atoms with van der Waals surface area (Å²) in [6.07, 6.45) is 6.34. The highest BCUT2D eigenvalue weighted by Gasteiger charge is 2.22. The zero-order valence-corrected chi connectivity index (χ0v) is 25.0. The largest absolute Gasteiger partial charge is 0.355 e. The molecule has 0 radical (unpaired) electrons. The van der Waals surface area contributed by atoms with Crippen molar-refractivity contribution in [3.8, 4) is 33.4 Å². The van der Waals surface area contributed by atoms with Crippen LogP contribution >= 0.6 is 0 Å². The maximum atomic E-state index is 3.95. The molecule has 0 bridgehead atoms. The Morgan fingerprint density at radius 2 is 0.795 bits per heavy atom. The van der Waals surface area contributed by atoms with Gasteiger partial charge in [-0.25, -0.2) is 0 Å². The lowest BCUT2D eigenvalue weighted by Crippen LogP contribution is -2.09. The molecule has 0 heterocycles. The first kappa shape index (κ1) is 27.7. The maximum absolute atomic E-state index is 3.95. The van der Waals surface area contributed by atoms with E-state index in [2.05, 4.69) is 162 Å². The van der Waals surface area contributed by atoms with Crippen LogP contribution in [-0.2, 0) is 0 Å². The van der Waals surface area contributed by atoms with Gasteiger partial charge in [-0.05, 0) is 65.3 Å². The summed E-state index contributed by atoms with van der Waals surface area (Å²) >= 11 is 0. The van der Waals surface area contributed by atoms with Crippen LogP contribution in [0, 0.1) is 0 Å². The summed E-state index contributed by atoms with van der Waals surface area (Å²) in [5.41, 5.74) is 13.2. The van der Waals surface area contributed by atoms with Crippen molar-refractivity contribution < 1.29 is 0 Å². The van der Waals surface area contributed by atoms with Crippen molar-refractivity contribution in [2.45, 2.75) is 38.0 Å². The van der Waals surface area contributed by atoms with Crippen molar-refractivity contribution >= 4 is 22.7 Å². The molecule has 0 spiro atoms. The average Bonchev–Trinajstić information content (AvgIpc) is 3.11. The van der Waals surface area contributed by atoms with Crippen molar-refractivity contribution in [1.29, 1.82) is 0 Å². The van der Waals surface area contributed by atoms with E-state index in [4.69, 9.17) is 0 Å². The van der Waals surface area contributed by atoms with E-state index < -0.39 is 0 Å². The van der Waals surface area contributed by atoms with Gasteiger partial charge in [0.2, 0.25) is 0 Å². The first-order chi connectivity index (χ1) is 21.8.